The molecule has 0 aromatic carbocycles. The minimum Gasteiger partial charge on any atom is -0.481 e. The Bertz CT molecular complexity index is 330. The van der Waals surface area contributed by atoms with Crippen LogP contribution < -0.4 is 0 Å². The maximum atomic E-state index is 12.3. The van der Waals surface area contributed by atoms with Crippen LogP contribution in [0.5, 0.6) is 0 Å². The van der Waals surface area contributed by atoms with E-state index in [1.54, 1.807) is 0 Å². The van der Waals surface area contributed by atoms with Gasteiger partial charge in [-0.1, -0.05) is 12.2 Å². The molecule has 0 aromatic rings. The summed E-state index contributed by atoms with van der Waals surface area (Å²) in [5.74, 6) is -0.829. The van der Waals surface area contributed by atoms with Gasteiger partial charge in [-0.25, -0.2) is 0 Å². The molecule has 4 heteroatoms. The van der Waals surface area contributed by atoms with Crippen molar-refractivity contribution >= 4 is 11.9 Å². The number of carbonyl (C=O) groups excluding carboxylic acids is 1. The van der Waals surface area contributed by atoms with Crippen molar-refractivity contribution in [2.75, 3.05) is 13.1 Å². The third-order valence-electron chi connectivity index (χ3n) is 3.58. The Morgan fingerprint density at radius 3 is 2.11 bits per heavy atom. The van der Waals surface area contributed by atoms with Crippen molar-refractivity contribution in [2.45, 2.75) is 39.5 Å². The summed E-state index contributed by atoms with van der Waals surface area (Å²) >= 11 is 0. The lowest BCUT2D eigenvalue weighted by molar-refractivity contribution is -0.145. The second kappa shape index (κ2) is 6.57. The Hall–Kier alpha value is -1.32. The molecule has 0 saturated heterocycles. The molecule has 0 aromatic heterocycles. The fraction of sp³-hybridized carbons (Fsp3) is 0.714. The lowest BCUT2D eigenvalue weighted by atomic mass is 9.81. The number of carbonyl (C=O) groups is 2. The predicted molar refractivity (Wildman–Crippen MR) is 70.2 cm³/mol. The van der Waals surface area contributed by atoms with Crippen molar-refractivity contribution < 1.29 is 14.7 Å². The smallest absolute Gasteiger partial charge is 0.306 e. The molecule has 1 aliphatic rings. The summed E-state index contributed by atoms with van der Waals surface area (Å²) in [6, 6.07) is 0. The topological polar surface area (TPSA) is 57.6 Å². The van der Waals surface area contributed by atoms with E-state index in [4.69, 9.17) is 5.11 Å². The zero-order valence-electron chi connectivity index (χ0n) is 11.3. The number of likely N-dealkylation sites (N-methyl/N-ethyl adjacent to an activating group) is 1. The Balaban J connectivity index is 2.52. The van der Waals surface area contributed by atoms with Crippen molar-refractivity contribution in [3.8, 4) is 0 Å². The zero-order chi connectivity index (χ0) is 13.7. The van der Waals surface area contributed by atoms with Crippen LogP contribution in [0.1, 0.15) is 39.5 Å². The highest BCUT2D eigenvalue weighted by molar-refractivity contribution is 5.79. The third-order valence-corrected chi connectivity index (χ3v) is 3.58. The lowest BCUT2D eigenvalue weighted by Crippen LogP contribution is -2.39. The van der Waals surface area contributed by atoms with Crippen LogP contribution in [0.25, 0.3) is 0 Å². The van der Waals surface area contributed by atoms with E-state index in [1.807, 2.05) is 18.7 Å². The number of nitrogens with zero attached hydrogens (tertiary/aromatic N) is 1. The van der Waals surface area contributed by atoms with Gasteiger partial charge in [0.05, 0.1) is 5.92 Å². The molecular weight excluding hydrogens is 230 g/mol. The van der Waals surface area contributed by atoms with Crippen LogP contribution >= 0.6 is 0 Å². The molecule has 1 rings (SSSR count). The summed E-state index contributed by atoms with van der Waals surface area (Å²) in [6.45, 7) is 9.00. The quantitative estimate of drug-likeness (QED) is 0.765. The summed E-state index contributed by atoms with van der Waals surface area (Å²) in [5.41, 5.74) is 0.976. The van der Waals surface area contributed by atoms with Gasteiger partial charge in [0.1, 0.15) is 0 Å². The van der Waals surface area contributed by atoms with Crippen molar-refractivity contribution in [3.63, 3.8) is 0 Å². The third kappa shape index (κ3) is 3.86. The van der Waals surface area contributed by atoms with Crippen molar-refractivity contribution in [3.05, 3.63) is 12.2 Å². The van der Waals surface area contributed by atoms with Crippen LogP contribution in [0.15, 0.2) is 12.2 Å². The van der Waals surface area contributed by atoms with Gasteiger partial charge in [0.2, 0.25) is 5.91 Å². The van der Waals surface area contributed by atoms with Crippen molar-refractivity contribution in [1.82, 2.24) is 4.90 Å². The fourth-order valence-electron chi connectivity index (χ4n) is 2.52. The molecule has 102 valence electrons. The average molecular weight is 253 g/mol. The summed E-state index contributed by atoms with van der Waals surface area (Å²) in [5, 5.41) is 8.93. The minimum atomic E-state index is -0.727. The molecule has 1 fully saturated rings. The number of rotatable bonds is 5. The highest BCUT2D eigenvalue weighted by Gasteiger charge is 2.31. The standard InChI is InChI=1S/C14H23NO3/c1-4-15(9-10(2)3)13(16)11-5-7-12(8-6-11)14(17)18/h11-12H,2,4-9H2,1,3H3,(H,17,18). The van der Waals surface area contributed by atoms with Crippen LogP contribution in [0.4, 0.5) is 0 Å². The van der Waals surface area contributed by atoms with E-state index in [0.717, 1.165) is 5.57 Å². The fourth-order valence-corrected chi connectivity index (χ4v) is 2.52. The number of carboxylic acid groups (broad SMARTS) is 1. The highest BCUT2D eigenvalue weighted by atomic mass is 16.4. The summed E-state index contributed by atoms with van der Waals surface area (Å²) < 4.78 is 0. The maximum absolute atomic E-state index is 12.3. The van der Waals surface area contributed by atoms with Gasteiger partial charge in [0, 0.05) is 19.0 Å². The lowest BCUT2D eigenvalue weighted by Gasteiger charge is -2.30. The van der Waals surface area contributed by atoms with E-state index < -0.39 is 5.97 Å². The maximum Gasteiger partial charge on any atom is 0.306 e. The number of hydrogen-bond donors (Lipinski definition) is 1. The van der Waals surface area contributed by atoms with Gasteiger partial charge >= 0.3 is 5.97 Å². The second-order valence-electron chi connectivity index (χ2n) is 5.20. The van der Waals surface area contributed by atoms with E-state index >= 15 is 0 Å². The van der Waals surface area contributed by atoms with Crippen LogP contribution in [0.3, 0.4) is 0 Å². The highest BCUT2D eigenvalue weighted by Crippen LogP contribution is 2.30. The van der Waals surface area contributed by atoms with Gasteiger partial charge in [-0.15, -0.1) is 0 Å². The Labute approximate surface area is 109 Å². The molecule has 4 nitrogen and oxygen atoms in total. The summed E-state index contributed by atoms with van der Waals surface area (Å²) in [4.78, 5) is 25.0. The van der Waals surface area contributed by atoms with Gasteiger partial charge in [-0.3, -0.25) is 9.59 Å². The first-order chi connectivity index (χ1) is 8.45. The Morgan fingerprint density at radius 1 is 1.22 bits per heavy atom. The van der Waals surface area contributed by atoms with E-state index in [9.17, 15) is 9.59 Å². The molecule has 0 aliphatic heterocycles. The van der Waals surface area contributed by atoms with E-state index in [1.165, 1.54) is 0 Å². The number of carboxylic acids is 1. The van der Waals surface area contributed by atoms with Gasteiger partial charge in [0.15, 0.2) is 0 Å². The Morgan fingerprint density at radius 2 is 1.72 bits per heavy atom. The van der Waals surface area contributed by atoms with Gasteiger partial charge in [-0.2, -0.15) is 0 Å². The average Bonchev–Trinajstić information content (AvgIpc) is 2.35. The number of amides is 1. The summed E-state index contributed by atoms with van der Waals surface area (Å²) in [6.07, 6.45) is 2.64. The molecule has 18 heavy (non-hydrogen) atoms. The first kappa shape index (κ1) is 14.7. The molecule has 0 heterocycles. The molecular formula is C14H23NO3. The molecule has 1 aliphatic carbocycles. The summed E-state index contributed by atoms with van der Waals surface area (Å²) in [7, 11) is 0. The van der Waals surface area contributed by atoms with Crippen molar-refractivity contribution in [2.24, 2.45) is 11.8 Å². The van der Waals surface area contributed by atoms with Crippen LogP contribution in [-0.4, -0.2) is 35.0 Å². The molecule has 1 saturated carbocycles. The zero-order valence-corrected chi connectivity index (χ0v) is 11.3. The molecule has 1 amide bonds. The number of hydrogen-bond acceptors (Lipinski definition) is 2. The van der Waals surface area contributed by atoms with Crippen LogP contribution in [0.2, 0.25) is 0 Å². The van der Waals surface area contributed by atoms with Crippen LogP contribution in [0, 0.1) is 11.8 Å². The monoisotopic (exact) mass is 253 g/mol. The van der Waals surface area contributed by atoms with Gasteiger partial charge < -0.3 is 10.0 Å². The number of aliphatic carboxylic acids is 1. The van der Waals surface area contributed by atoms with Gasteiger partial charge in [0.25, 0.3) is 0 Å². The first-order valence-corrected chi connectivity index (χ1v) is 6.61. The van der Waals surface area contributed by atoms with Crippen LogP contribution in [-0.2, 0) is 9.59 Å². The van der Waals surface area contributed by atoms with E-state index in [2.05, 4.69) is 6.58 Å². The molecule has 0 bridgehead atoms. The largest absolute Gasteiger partial charge is 0.481 e. The molecule has 0 radical (unpaired) electrons. The Kier molecular flexibility index (Phi) is 5.38. The SMILES string of the molecule is C=C(C)CN(CC)C(=O)C1CCC(C(=O)O)CC1. The van der Waals surface area contributed by atoms with Gasteiger partial charge in [-0.05, 0) is 39.5 Å². The molecule has 1 N–H and O–H groups in total. The van der Waals surface area contributed by atoms with Crippen molar-refractivity contribution in [1.29, 1.82) is 0 Å². The molecule has 0 unspecified atom stereocenters. The second-order valence-corrected chi connectivity index (χ2v) is 5.20. The minimum absolute atomic E-state index is 0.0000926. The first-order valence-electron chi connectivity index (χ1n) is 6.61. The molecule has 0 atom stereocenters. The van der Waals surface area contributed by atoms with E-state index in [-0.39, 0.29) is 17.7 Å². The molecule has 0 spiro atoms. The van der Waals surface area contributed by atoms with E-state index in [0.29, 0.717) is 38.8 Å². The predicted octanol–water partition coefficient (Wildman–Crippen LogP) is 2.30. The normalized spacial score (nSPS) is 23.4.